The Kier molecular flexibility index (Phi) is 5.87. The second-order valence-corrected chi connectivity index (χ2v) is 8.62. The van der Waals surface area contributed by atoms with E-state index >= 15 is 0 Å². The van der Waals surface area contributed by atoms with Crippen molar-refractivity contribution in [3.05, 3.63) is 59.7 Å². The summed E-state index contributed by atoms with van der Waals surface area (Å²) in [5, 5.41) is 11.1. The van der Waals surface area contributed by atoms with Gasteiger partial charge in [0.05, 0.1) is 11.2 Å². The molecule has 1 heterocycles. The maximum absolute atomic E-state index is 13.8. The Bertz CT molecular complexity index is 896. The third-order valence-electron chi connectivity index (χ3n) is 5.19. The van der Waals surface area contributed by atoms with E-state index in [2.05, 4.69) is 0 Å². The van der Waals surface area contributed by atoms with E-state index < -0.39 is 29.0 Å². The molecule has 1 fully saturated rings. The number of likely N-dealkylation sites (tertiary alicyclic amines) is 1. The van der Waals surface area contributed by atoms with Crippen molar-refractivity contribution < 1.29 is 27.8 Å². The van der Waals surface area contributed by atoms with Crippen LogP contribution in [-0.4, -0.2) is 34.8 Å². The molecule has 1 saturated heterocycles. The summed E-state index contributed by atoms with van der Waals surface area (Å²) in [6.45, 7) is 5.69. The minimum atomic E-state index is -4.56. The molecule has 0 spiro atoms. The quantitative estimate of drug-likeness (QED) is 0.688. The molecule has 4 nitrogen and oxygen atoms in total. The number of rotatable bonds is 2. The Balaban J connectivity index is 1.85. The van der Waals surface area contributed by atoms with Crippen LogP contribution < -0.4 is 0 Å². The summed E-state index contributed by atoms with van der Waals surface area (Å²) in [5.74, 6) is 0. The summed E-state index contributed by atoms with van der Waals surface area (Å²) < 4.78 is 46.7. The molecule has 0 aromatic heterocycles. The van der Waals surface area contributed by atoms with E-state index in [9.17, 15) is 23.1 Å². The maximum atomic E-state index is 13.8. The van der Waals surface area contributed by atoms with Gasteiger partial charge in [0.1, 0.15) is 5.60 Å². The topological polar surface area (TPSA) is 49.8 Å². The largest absolute Gasteiger partial charge is 0.444 e. The van der Waals surface area contributed by atoms with E-state index in [1.165, 1.54) is 11.0 Å². The molecule has 0 aliphatic carbocycles. The van der Waals surface area contributed by atoms with Crippen LogP contribution in [-0.2, 0) is 16.5 Å². The lowest BCUT2D eigenvalue weighted by Crippen LogP contribution is -2.46. The van der Waals surface area contributed by atoms with Crippen molar-refractivity contribution in [1.82, 2.24) is 4.90 Å². The van der Waals surface area contributed by atoms with Gasteiger partial charge < -0.3 is 14.7 Å². The molecule has 162 valence electrons. The van der Waals surface area contributed by atoms with E-state index in [1.54, 1.807) is 57.2 Å². The van der Waals surface area contributed by atoms with Crippen molar-refractivity contribution in [1.29, 1.82) is 0 Å². The Morgan fingerprint density at radius 3 is 2.17 bits per heavy atom. The van der Waals surface area contributed by atoms with E-state index in [1.807, 2.05) is 0 Å². The van der Waals surface area contributed by atoms with Crippen LogP contribution in [0.4, 0.5) is 18.0 Å². The lowest BCUT2D eigenvalue weighted by molar-refractivity contribution is -0.137. The Hall–Kier alpha value is -2.54. The van der Waals surface area contributed by atoms with Crippen molar-refractivity contribution in [3.8, 4) is 11.1 Å². The molecule has 0 saturated carbocycles. The standard InChI is InChI=1S/C23H26F3NO3/c1-21(2,3)30-20(28)27-13-11-22(29,12-14-27)17-9-10-18(16-7-5-4-6-8-16)19(15-17)23(24,25)26/h4-10,15,29H,11-14H2,1-3H3. The first-order chi connectivity index (χ1) is 13.9. The Labute approximate surface area is 174 Å². The van der Waals surface area contributed by atoms with Crippen LogP contribution >= 0.6 is 0 Å². The lowest BCUT2D eigenvalue weighted by atomic mass is 9.82. The monoisotopic (exact) mass is 421 g/mol. The van der Waals surface area contributed by atoms with Crippen LogP contribution in [0.2, 0.25) is 0 Å². The number of nitrogens with zero attached hydrogens (tertiary/aromatic N) is 1. The van der Waals surface area contributed by atoms with Gasteiger partial charge in [0.25, 0.3) is 0 Å². The number of carbonyl (C=O) groups excluding carboxylic acids is 1. The molecule has 2 aromatic rings. The molecule has 1 aliphatic rings. The fourth-order valence-corrected chi connectivity index (χ4v) is 3.61. The zero-order valence-corrected chi connectivity index (χ0v) is 17.3. The normalized spacial score (nSPS) is 17.0. The van der Waals surface area contributed by atoms with Crippen molar-refractivity contribution >= 4 is 6.09 Å². The second-order valence-electron chi connectivity index (χ2n) is 8.62. The molecule has 0 unspecified atom stereocenters. The van der Waals surface area contributed by atoms with E-state index in [4.69, 9.17) is 4.74 Å². The molecule has 1 N–H and O–H groups in total. The number of amides is 1. The first-order valence-electron chi connectivity index (χ1n) is 9.86. The smallest absolute Gasteiger partial charge is 0.417 e. The molecular weight excluding hydrogens is 395 g/mol. The fourth-order valence-electron chi connectivity index (χ4n) is 3.61. The predicted molar refractivity (Wildman–Crippen MR) is 108 cm³/mol. The van der Waals surface area contributed by atoms with Gasteiger partial charge in [-0.15, -0.1) is 0 Å². The van der Waals surface area contributed by atoms with Crippen LogP contribution in [0.3, 0.4) is 0 Å². The number of benzene rings is 2. The van der Waals surface area contributed by atoms with Gasteiger partial charge >= 0.3 is 12.3 Å². The van der Waals surface area contributed by atoms with E-state index in [0.717, 1.165) is 6.07 Å². The average Bonchev–Trinajstić information content (AvgIpc) is 2.67. The highest BCUT2D eigenvalue weighted by Crippen LogP contribution is 2.41. The highest BCUT2D eigenvalue weighted by atomic mass is 19.4. The van der Waals surface area contributed by atoms with Crippen molar-refractivity contribution in [2.75, 3.05) is 13.1 Å². The lowest BCUT2D eigenvalue weighted by Gasteiger charge is -2.39. The number of ether oxygens (including phenoxy) is 1. The highest BCUT2D eigenvalue weighted by molar-refractivity contribution is 5.69. The van der Waals surface area contributed by atoms with Crippen LogP contribution in [0.25, 0.3) is 11.1 Å². The first kappa shape index (κ1) is 22.2. The molecule has 0 radical (unpaired) electrons. The average molecular weight is 421 g/mol. The molecule has 2 aromatic carbocycles. The maximum Gasteiger partial charge on any atom is 0.417 e. The van der Waals surface area contributed by atoms with Crippen molar-refractivity contribution in [3.63, 3.8) is 0 Å². The second kappa shape index (κ2) is 7.95. The SMILES string of the molecule is CC(C)(C)OC(=O)N1CCC(O)(c2ccc(-c3ccccc3)c(C(F)(F)F)c2)CC1. The molecule has 0 bridgehead atoms. The van der Waals surface area contributed by atoms with E-state index in [0.29, 0.717) is 5.56 Å². The predicted octanol–water partition coefficient (Wildman–Crippen LogP) is 5.59. The fraction of sp³-hybridized carbons (Fsp3) is 0.435. The summed E-state index contributed by atoms with van der Waals surface area (Å²) in [6.07, 6.45) is -4.78. The molecule has 7 heteroatoms. The summed E-state index contributed by atoms with van der Waals surface area (Å²) in [5.41, 5.74) is -2.12. The summed E-state index contributed by atoms with van der Waals surface area (Å²) >= 11 is 0. The zero-order chi connectivity index (χ0) is 22.2. The first-order valence-corrected chi connectivity index (χ1v) is 9.86. The summed E-state index contributed by atoms with van der Waals surface area (Å²) in [4.78, 5) is 13.7. The molecule has 1 aliphatic heterocycles. The van der Waals surface area contributed by atoms with Gasteiger partial charge in [0.15, 0.2) is 0 Å². The number of piperidine rings is 1. The van der Waals surface area contributed by atoms with Gasteiger partial charge in [0, 0.05) is 13.1 Å². The van der Waals surface area contributed by atoms with E-state index in [-0.39, 0.29) is 37.1 Å². The molecular formula is C23H26F3NO3. The van der Waals surface area contributed by atoms with Gasteiger partial charge in [-0.25, -0.2) is 4.79 Å². The molecule has 30 heavy (non-hydrogen) atoms. The number of hydrogen-bond acceptors (Lipinski definition) is 3. The number of hydrogen-bond donors (Lipinski definition) is 1. The molecule has 1 amide bonds. The van der Waals surface area contributed by atoms with Gasteiger partial charge in [0.2, 0.25) is 0 Å². The number of halogens is 3. The Morgan fingerprint density at radius 1 is 1.03 bits per heavy atom. The summed E-state index contributed by atoms with van der Waals surface area (Å²) in [6, 6.07) is 12.3. The van der Waals surface area contributed by atoms with Gasteiger partial charge in [-0.1, -0.05) is 42.5 Å². The Morgan fingerprint density at radius 2 is 1.63 bits per heavy atom. The zero-order valence-electron chi connectivity index (χ0n) is 17.3. The number of aliphatic hydroxyl groups is 1. The number of carbonyl (C=O) groups is 1. The third kappa shape index (κ3) is 4.95. The van der Waals surface area contributed by atoms with Crippen LogP contribution in [0.15, 0.2) is 48.5 Å². The van der Waals surface area contributed by atoms with Crippen LogP contribution in [0, 0.1) is 0 Å². The van der Waals surface area contributed by atoms with Gasteiger partial charge in [-0.2, -0.15) is 13.2 Å². The minimum Gasteiger partial charge on any atom is -0.444 e. The van der Waals surface area contributed by atoms with Gasteiger partial charge in [-0.3, -0.25) is 0 Å². The minimum absolute atomic E-state index is 0.0710. The number of alkyl halides is 3. The highest BCUT2D eigenvalue weighted by Gasteiger charge is 2.40. The van der Waals surface area contributed by atoms with Crippen LogP contribution in [0.1, 0.15) is 44.7 Å². The van der Waals surface area contributed by atoms with Crippen molar-refractivity contribution in [2.45, 2.75) is 51.0 Å². The third-order valence-corrected chi connectivity index (χ3v) is 5.19. The summed E-state index contributed by atoms with van der Waals surface area (Å²) in [7, 11) is 0. The van der Waals surface area contributed by atoms with Crippen LogP contribution in [0.5, 0.6) is 0 Å². The van der Waals surface area contributed by atoms with Gasteiger partial charge in [-0.05, 0) is 56.4 Å². The van der Waals surface area contributed by atoms with Crippen molar-refractivity contribution in [2.24, 2.45) is 0 Å². The molecule has 3 rings (SSSR count). The molecule has 0 atom stereocenters.